The first-order chi connectivity index (χ1) is 10.2. The summed E-state index contributed by atoms with van der Waals surface area (Å²) in [5.74, 6) is 1.02. The zero-order chi connectivity index (χ0) is 14.8. The normalized spacial score (nSPS) is 10.6. The third-order valence-electron chi connectivity index (χ3n) is 3.12. The molecule has 0 aliphatic heterocycles. The number of carbonyl (C=O) groups excluding carboxylic acids is 1. The van der Waals surface area contributed by atoms with Crippen LogP contribution in [0.3, 0.4) is 0 Å². The van der Waals surface area contributed by atoms with E-state index in [0.717, 1.165) is 21.5 Å². The molecule has 21 heavy (non-hydrogen) atoms. The van der Waals surface area contributed by atoms with Crippen LogP contribution >= 0.6 is 27.5 Å². The van der Waals surface area contributed by atoms with E-state index < -0.39 is 0 Å². The summed E-state index contributed by atoms with van der Waals surface area (Å²) >= 11 is 9.55. The van der Waals surface area contributed by atoms with E-state index in [0.29, 0.717) is 22.1 Å². The lowest BCUT2D eigenvalue weighted by Crippen LogP contribution is -1.91. The first-order valence-electron chi connectivity index (χ1n) is 6.28. The van der Waals surface area contributed by atoms with Gasteiger partial charge in [0, 0.05) is 4.47 Å². The first-order valence-corrected chi connectivity index (χ1v) is 7.45. The van der Waals surface area contributed by atoms with Gasteiger partial charge in [-0.2, -0.15) is 0 Å². The lowest BCUT2D eigenvalue weighted by Gasteiger charge is -2.10. The number of benzene rings is 3. The van der Waals surface area contributed by atoms with Gasteiger partial charge in [-0.05, 0) is 47.2 Å². The number of aldehydes is 1. The minimum Gasteiger partial charge on any atom is -0.455 e. The maximum Gasteiger partial charge on any atom is 0.156 e. The molecule has 0 spiro atoms. The number of hydrogen-bond donors (Lipinski definition) is 0. The van der Waals surface area contributed by atoms with E-state index in [2.05, 4.69) is 15.9 Å². The Morgan fingerprint density at radius 3 is 2.57 bits per heavy atom. The molecule has 0 saturated carbocycles. The zero-order valence-corrected chi connectivity index (χ0v) is 13.2. The van der Waals surface area contributed by atoms with E-state index in [4.69, 9.17) is 16.3 Å². The molecule has 3 aromatic carbocycles. The maximum atomic E-state index is 11.1. The van der Waals surface area contributed by atoms with Crippen LogP contribution in [-0.2, 0) is 0 Å². The van der Waals surface area contributed by atoms with E-state index in [1.165, 1.54) is 0 Å². The SMILES string of the molecule is O=Cc1cccc(Cl)c1Oc1ccc2cc(Br)ccc2c1. The highest BCUT2D eigenvalue weighted by molar-refractivity contribution is 9.10. The largest absolute Gasteiger partial charge is 0.455 e. The molecule has 0 atom stereocenters. The van der Waals surface area contributed by atoms with Crippen molar-refractivity contribution in [3.8, 4) is 11.5 Å². The van der Waals surface area contributed by atoms with Crippen molar-refractivity contribution in [3.05, 3.63) is 69.7 Å². The summed E-state index contributed by atoms with van der Waals surface area (Å²) in [5.41, 5.74) is 0.429. The summed E-state index contributed by atoms with van der Waals surface area (Å²) in [6.45, 7) is 0. The third kappa shape index (κ3) is 2.94. The summed E-state index contributed by atoms with van der Waals surface area (Å²) in [6, 6.07) is 16.8. The van der Waals surface area contributed by atoms with Crippen LogP contribution in [0.2, 0.25) is 5.02 Å². The van der Waals surface area contributed by atoms with Crippen molar-refractivity contribution in [2.45, 2.75) is 0 Å². The van der Waals surface area contributed by atoms with Gasteiger partial charge in [0.25, 0.3) is 0 Å². The molecule has 3 aromatic rings. The lowest BCUT2D eigenvalue weighted by molar-refractivity contribution is 0.112. The Labute approximate surface area is 135 Å². The molecule has 0 bridgehead atoms. The number of para-hydroxylation sites is 1. The predicted molar refractivity (Wildman–Crippen MR) is 88.6 cm³/mol. The Morgan fingerprint density at radius 1 is 1.00 bits per heavy atom. The standard InChI is InChI=1S/C17H10BrClO2/c18-14-6-4-12-9-15(7-5-11(12)8-14)21-17-13(10-20)2-1-3-16(17)19/h1-10H. The number of rotatable bonds is 3. The highest BCUT2D eigenvalue weighted by Crippen LogP contribution is 2.33. The van der Waals surface area contributed by atoms with Gasteiger partial charge in [-0.25, -0.2) is 0 Å². The van der Waals surface area contributed by atoms with Gasteiger partial charge in [-0.3, -0.25) is 4.79 Å². The summed E-state index contributed by atoms with van der Waals surface area (Å²) in [7, 11) is 0. The molecule has 0 fully saturated rings. The summed E-state index contributed by atoms with van der Waals surface area (Å²) < 4.78 is 6.82. The molecule has 4 heteroatoms. The number of fused-ring (bicyclic) bond motifs is 1. The Hall–Kier alpha value is -1.84. The second-order valence-corrected chi connectivity index (χ2v) is 5.85. The molecular weight excluding hydrogens is 352 g/mol. The minimum absolute atomic E-state index is 0.380. The van der Waals surface area contributed by atoms with Crippen LogP contribution in [0.5, 0.6) is 11.5 Å². The molecule has 0 aromatic heterocycles. The quantitative estimate of drug-likeness (QED) is 0.546. The Bertz CT molecular complexity index is 830. The number of hydrogen-bond acceptors (Lipinski definition) is 2. The molecule has 3 rings (SSSR count). The van der Waals surface area contributed by atoms with Crippen LogP contribution in [0.15, 0.2) is 59.1 Å². The predicted octanol–water partition coefficient (Wildman–Crippen LogP) is 5.86. The number of ether oxygens (including phenoxy) is 1. The van der Waals surface area contributed by atoms with Crippen LogP contribution in [0, 0.1) is 0 Å². The van der Waals surface area contributed by atoms with Crippen LogP contribution in [-0.4, -0.2) is 6.29 Å². The number of halogens is 2. The van der Waals surface area contributed by atoms with Crippen molar-refractivity contribution < 1.29 is 9.53 Å². The topological polar surface area (TPSA) is 26.3 Å². The summed E-state index contributed by atoms with van der Waals surface area (Å²) in [5, 5.41) is 2.57. The van der Waals surface area contributed by atoms with Crippen LogP contribution in [0.4, 0.5) is 0 Å². The van der Waals surface area contributed by atoms with Crippen LogP contribution < -0.4 is 4.74 Å². The van der Waals surface area contributed by atoms with Crippen molar-refractivity contribution in [1.82, 2.24) is 0 Å². The van der Waals surface area contributed by atoms with E-state index >= 15 is 0 Å². The molecule has 0 aliphatic carbocycles. The zero-order valence-electron chi connectivity index (χ0n) is 10.8. The van der Waals surface area contributed by atoms with Gasteiger partial charge in [-0.15, -0.1) is 0 Å². The van der Waals surface area contributed by atoms with Crippen molar-refractivity contribution in [2.75, 3.05) is 0 Å². The molecule has 0 radical (unpaired) electrons. The fraction of sp³-hybridized carbons (Fsp3) is 0. The third-order valence-corrected chi connectivity index (χ3v) is 3.91. The molecule has 0 N–H and O–H groups in total. The number of carbonyl (C=O) groups is 1. The molecule has 2 nitrogen and oxygen atoms in total. The van der Waals surface area contributed by atoms with Crippen molar-refractivity contribution in [1.29, 1.82) is 0 Å². The van der Waals surface area contributed by atoms with Crippen LogP contribution in [0.1, 0.15) is 10.4 Å². The highest BCUT2D eigenvalue weighted by atomic mass is 79.9. The Kier molecular flexibility index (Phi) is 3.95. The molecule has 0 saturated heterocycles. The molecule has 0 unspecified atom stereocenters. The van der Waals surface area contributed by atoms with E-state index in [9.17, 15) is 4.79 Å². The minimum atomic E-state index is 0.380. The van der Waals surface area contributed by atoms with E-state index in [-0.39, 0.29) is 0 Å². The van der Waals surface area contributed by atoms with Gasteiger partial charge in [0.2, 0.25) is 0 Å². The highest BCUT2D eigenvalue weighted by Gasteiger charge is 2.09. The second-order valence-electron chi connectivity index (χ2n) is 4.53. The summed E-state index contributed by atoms with van der Waals surface area (Å²) in [6.07, 6.45) is 0.735. The molecular formula is C17H10BrClO2. The Morgan fingerprint density at radius 2 is 1.76 bits per heavy atom. The average molecular weight is 362 g/mol. The van der Waals surface area contributed by atoms with Crippen molar-refractivity contribution >= 4 is 44.6 Å². The van der Waals surface area contributed by atoms with Gasteiger partial charge < -0.3 is 4.74 Å². The fourth-order valence-corrected chi connectivity index (χ4v) is 2.70. The fourth-order valence-electron chi connectivity index (χ4n) is 2.10. The van der Waals surface area contributed by atoms with E-state index in [1.807, 2.05) is 36.4 Å². The van der Waals surface area contributed by atoms with Gasteiger partial charge in [0.15, 0.2) is 12.0 Å². The smallest absolute Gasteiger partial charge is 0.156 e. The monoisotopic (exact) mass is 360 g/mol. The van der Waals surface area contributed by atoms with Crippen molar-refractivity contribution in [2.24, 2.45) is 0 Å². The summed E-state index contributed by atoms with van der Waals surface area (Å²) in [4.78, 5) is 11.1. The van der Waals surface area contributed by atoms with Gasteiger partial charge in [0.1, 0.15) is 5.75 Å². The molecule has 104 valence electrons. The molecule has 0 aliphatic rings. The molecule has 0 heterocycles. The van der Waals surface area contributed by atoms with Gasteiger partial charge >= 0.3 is 0 Å². The van der Waals surface area contributed by atoms with Gasteiger partial charge in [0.05, 0.1) is 10.6 Å². The average Bonchev–Trinajstić information content (AvgIpc) is 2.49. The molecule has 0 amide bonds. The van der Waals surface area contributed by atoms with Crippen molar-refractivity contribution in [3.63, 3.8) is 0 Å². The first kappa shape index (κ1) is 14.1. The maximum absolute atomic E-state index is 11.1. The van der Waals surface area contributed by atoms with Gasteiger partial charge in [-0.1, -0.05) is 45.7 Å². The van der Waals surface area contributed by atoms with E-state index in [1.54, 1.807) is 18.2 Å². The lowest BCUT2D eigenvalue weighted by atomic mass is 10.1. The van der Waals surface area contributed by atoms with Crippen LogP contribution in [0.25, 0.3) is 10.8 Å². The Balaban J connectivity index is 2.02. The second kappa shape index (κ2) is 5.88.